The van der Waals surface area contributed by atoms with Gasteiger partial charge in [0, 0.05) is 19.0 Å². The van der Waals surface area contributed by atoms with Gasteiger partial charge >= 0.3 is 0 Å². The fourth-order valence-electron chi connectivity index (χ4n) is 2.13. The number of hydrogen-bond acceptors (Lipinski definition) is 4. The number of aliphatic hydroxyl groups excluding tert-OH is 1. The van der Waals surface area contributed by atoms with Crippen LogP contribution in [0.4, 0.5) is 8.78 Å². The molecule has 0 aliphatic rings. The Kier molecular flexibility index (Phi) is 6.60. The predicted molar refractivity (Wildman–Crippen MR) is 90.3 cm³/mol. The second kappa shape index (κ2) is 8.68. The van der Waals surface area contributed by atoms with Crippen molar-refractivity contribution in [2.24, 2.45) is 0 Å². The van der Waals surface area contributed by atoms with Crippen LogP contribution in [-0.4, -0.2) is 35.6 Å². The Hall–Kier alpha value is -2.32. The van der Waals surface area contributed by atoms with Crippen LogP contribution in [0.2, 0.25) is 0 Å². The van der Waals surface area contributed by atoms with E-state index in [2.05, 4.69) is 10.6 Å². The third-order valence-corrected chi connectivity index (χ3v) is 4.34. The molecule has 0 spiro atoms. The van der Waals surface area contributed by atoms with Crippen molar-refractivity contribution < 1.29 is 23.5 Å². The molecule has 1 heterocycles. The number of carbonyl (C=O) groups excluding carboxylic acids is 2. The highest BCUT2D eigenvalue weighted by molar-refractivity contribution is 7.12. The fourth-order valence-corrected chi connectivity index (χ4v) is 2.75. The monoisotopic (exact) mass is 368 g/mol. The van der Waals surface area contributed by atoms with E-state index < -0.39 is 29.7 Å². The van der Waals surface area contributed by atoms with Gasteiger partial charge in [0.25, 0.3) is 5.91 Å². The lowest BCUT2D eigenvalue weighted by molar-refractivity contribution is -0.123. The number of amides is 2. The van der Waals surface area contributed by atoms with Gasteiger partial charge < -0.3 is 15.7 Å². The Bertz CT molecular complexity index is 737. The number of nitrogens with one attached hydrogen (secondary N) is 2. The minimum Gasteiger partial charge on any atom is -0.391 e. The van der Waals surface area contributed by atoms with Crippen LogP contribution in [0, 0.1) is 11.6 Å². The zero-order chi connectivity index (χ0) is 18.4. The Labute approximate surface area is 147 Å². The highest BCUT2D eigenvalue weighted by Gasteiger charge is 2.18. The lowest BCUT2D eigenvalue weighted by Gasteiger charge is -2.16. The maximum Gasteiger partial charge on any atom is 0.261 e. The van der Waals surface area contributed by atoms with Crippen LogP contribution in [0.5, 0.6) is 0 Å². The van der Waals surface area contributed by atoms with E-state index in [9.17, 15) is 23.5 Å². The quantitative estimate of drug-likeness (QED) is 0.698. The molecule has 134 valence electrons. The summed E-state index contributed by atoms with van der Waals surface area (Å²) in [5.74, 6) is -2.27. The predicted octanol–water partition coefficient (Wildman–Crippen LogP) is 1.86. The molecule has 25 heavy (non-hydrogen) atoms. The average Bonchev–Trinajstić information content (AvgIpc) is 3.09. The van der Waals surface area contributed by atoms with E-state index >= 15 is 0 Å². The fraction of sp³-hybridized carbons (Fsp3) is 0.294. The summed E-state index contributed by atoms with van der Waals surface area (Å²) in [7, 11) is 0. The summed E-state index contributed by atoms with van der Waals surface area (Å²) >= 11 is 1.26. The van der Waals surface area contributed by atoms with E-state index in [0.29, 0.717) is 4.88 Å². The average molecular weight is 368 g/mol. The van der Waals surface area contributed by atoms with E-state index in [1.54, 1.807) is 17.5 Å². The molecule has 0 unspecified atom stereocenters. The van der Waals surface area contributed by atoms with Crippen LogP contribution in [0.3, 0.4) is 0 Å². The first kappa shape index (κ1) is 19.0. The van der Waals surface area contributed by atoms with Crippen molar-refractivity contribution in [2.45, 2.75) is 25.5 Å². The van der Waals surface area contributed by atoms with Crippen LogP contribution in [-0.2, 0) is 11.2 Å². The molecule has 0 aliphatic carbocycles. The van der Waals surface area contributed by atoms with Gasteiger partial charge in [0.15, 0.2) is 0 Å². The second-order valence-electron chi connectivity index (χ2n) is 5.51. The SMILES string of the molecule is C[C@H](NC(=O)c1cccs1)C(=O)NC[C@@H](O)Cc1ccc(F)cc1F. The summed E-state index contributed by atoms with van der Waals surface area (Å²) in [5, 5.41) is 16.7. The van der Waals surface area contributed by atoms with Gasteiger partial charge in [-0.1, -0.05) is 12.1 Å². The van der Waals surface area contributed by atoms with Crippen LogP contribution in [0.1, 0.15) is 22.2 Å². The van der Waals surface area contributed by atoms with Gasteiger partial charge in [0.2, 0.25) is 5.91 Å². The number of hydrogen-bond donors (Lipinski definition) is 3. The molecule has 2 amide bonds. The largest absolute Gasteiger partial charge is 0.391 e. The van der Waals surface area contributed by atoms with Crippen molar-refractivity contribution in [1.82, 2.24) is 10.6 Å². The number of benzene rings is 1. The summed E-state index contributed by atoms with van der Waals surface area (Å²) in [5.41, 5.74) is 0.155. The molecule has 2 rings (SSSR count). The van der Waals surface area contributed by atoms with Crippen LogP contribution in [0.15, 0.2) is 35.7 Å². The molecule has 0 saturated carbocycles. The van der Waals surface area contributed by atoms with Gasteiger partial charge in [0.05, 0.1) is 11.0 Å². The standard InChI is InChI=1S/C17H18F2N2O3S/c1-10(21-17(24)15-3-2-6-25-15)16(23)20-9-13(22)7-11-4-5-12(18)8-14(11)19/h2-6,8,10,13,22H,7,9H2,1H3,(H,20,23)(H,21,24)/t10-,13-/m0/s1. The van der Waals surface area contributed by atoms with Gasteiger partial charge in [-0.25, -0.2) is 8.78 Å². The van der Waals surface area contributed by atoms with Crippen LogP contribution >= 0.6 is 11.3 Å². The van der Waals surface area contributed by atoms with Crippen LogP contribution < -0.4 is 10.6 Å². The molecule has 2 aromatic rings. The third-order valence-electron chi connectivity index (χ3n) is 3.47. The van der Waals surface area contributed by atoms with E-state index in [4.69, 9.17) is 0 Å². The Morgan fingerprint density at radius 3 is 2.68 bits per heavy atom. The first-order valence-electron chi connectivity index (χ1n) is 7.61. The van der Waals surface area contributed by atoms with Crippen molar-refractivity contribution in [1.29, 1.82) is 0 Å². The topological polar surface area (TPSA) is 78.4 Å². The summed E-state index contributed by atoms with van der Waals surface area (Å²) < 4.78 is 26.4. The molecule has 3 N–H and O–H groups in total. The normalized spacial score (nSPS) is 13.1. The van der Waals surface area contributed by atoms with Crippen molar-refractivity contribution >= 4 is 23.2 Å². The zero-order valence-corrected chi connectivity index (χ0v) is 14.3. The summed E-state index contributed by atoms with van der Waals surface area (Å²) in [6.45, 7) is 1.40. The van der Waals surface area contributed by atoms with Gasteiger partial charge in [-0.2, -0.15) is 0 Å². The van der Waals surface area contributed by atoms with Gasteiger partial charge in [-0.05, 0) is 30.0 Å². The van der Waals surface area contributed by atoms with Crippen molar-refractivity contribution in [3.63, 3.8) is 0 Å². The lowest BCUT2D eigenvalue weighted by Crippen LogP contribution is -2.46. The number of aliphatic hydroxyl groups is 1. The molecular weight excluding hydrogens is 350 g/mol. The molecule has 0 fully saturated rings. The van der Waals surface area contributed by atoms with Crippen molar-refractivity contribution in [3.8, 4) is 0 Å². The highest BCUT2D eigenvalue weighted by atomic mass is 32.1. The first-order chi connectivity index (χ1) is 11.9. The molecule has 0 saturated heterocycles. The van der Waals surface area contributed by atoms with Gasteiger partial charge in [0.1, 0.15) is 17.7 Å². The van der Waals surface area contributed by atoms with Gasteiger partial charge in [-0.3, -0.25) is 9.59 Å². The third kappa shape index (κ3) is 5.61. The molecule has 8 heteroatoms. The molecule has 0 bridgehead atoms. The van der Waals surface area contributed by atoms with Crippen molar-refractivity contribution in [2.75, 3.05) is 6.54 Å². The van der Waals surface area contributed by atoms with Crippen molar-refractivity contribution in [3.05, 3.63) is 57.8 Å². The maximum absolute atomic E-state index is 13.5. The van der Waals surface area contributed by atoms with E-state index in [-0.39, 0.29) is 24.4 Å². The Balaban J connectivity index is 1.79. The maximum atomic E-state index is 13.5. The molecule has 1 aromatic heterocycles. The summed E-state index contributed by atoms with van der Waals surface area (Å²) in [4.78, 5) is 24.3. The van der Waals surface area contributed by atoms with Crippen LogP contribution in [0.25, 0.3) is 0 Å². The minimum absolute atomic E-state index is 0.0671. The molecule has 1 aromatic carbocycles. The van der Waals surface area contributed by atoms with E-state index in [1.807, 2.05) is 0 Å². The molecule has 2 atom stereocenters. The number of rotatable bonds is 7. The summed E-state index contributed by atoms with van der Waals surface area (Å²) in [6.07, 6.45) is -1.10. The first-order valence-corrected chi connectivity index (χ1v) is 8.49. The molecular formula is C17H18F2N2O3S. The minimum atomic E-state index is -1.04. The Morgan fingerprint density at radius 1 is 1.28 bits per heavy atom. The van der Waals surface area contributed by atoms with Gasteiger partial charge in [-0.15, -0.1) is 11.3 Å². The second-order valence-corrected chi connectivity index (χ2v) is 6.46. The number of halogens is 2. The molecule has 0 radical (unpaired) electrons. The zero-order valence-electron chi connectivity index (χ0n) is 13.5. The highest BCUT2D eigenvalue weighted by Crippen LogP contribution is 2.11. The van der Waals surface area contributed by atoms with E-state index in [1.165, 1.54) is 24.3 Å². The van der Waals surface area contributed by atoms with E-state index in [0.717, 1.165) is 12.1 Å². The summed E-state index contributed by atoms with van der Waals surface area (Å²) in [6, 6.07) is 5.68. The molecule has 5 nitrogen and oxygen atoms in total. The number of carbonyl (C=O) groups is 2. The number of thiophene rings is 1. The Morgan fingerprint density at radius 2 is 2.04 bits per heavy atom. The smallest absolute Gasteiger partial charge is 0.261 e. The lowest BCUT2D eigenvalue weighted by atomic mass is 10.1. The molecule has 0 aliphatic heterocycles.